The summed E-state index contributed by atoms with van der Waals surface area (Å²) in [5.41, 5.74) is 1.71. The normalized spacial score (nSPS) is 21.2. The minimum absolute atomic E-state index is 0.0623. The fourth-order valence-electron chi connectivity index (χ4n) is 3.62. The van der Waals surface area contributed by atoms with Gasteiger partial charge in [-0.15, -0.1) is 0 Å². The molecule has 2 atom stereocenters. The van der Waals surface area contributed by atoms with E-state index in [2.05, 4.69) is 5.10 Å². The number of hydrogen-bond donors (Lipinski definition) is 0. The lowest BCUT2D eigenvalue weighted by Gasteiger charge is -2.24. The molecular weight excluding hydrogens is 401 g/mol. The monoisotopic (exact) mass is 415 g/mol. The average molecular weight is 416 g/mol. The maximum atomic E-state index is 13.3. The van der Waals surface area contributed by atoms with Crippen molar-refractivity contribution in [2.45, 2.75) is 19.9 Å². The number of ketones is 1. The van der Waals surface area contributed by atoms with E-state index >= 15 is 0 Å². The smallest absolute Gasteiger partial charge is 0.259 e. The molecule has 0 unspecified atom stereocenters. The number of rotatable bonds is 3. The SMILES string of the molecule is CC(=O)C1=NN(c2cccc(Cl)c2C)[C@@H]2C(=O)N(c3cccc(Cl)c3)C(=O)[C@@H]12. The molecule has 6 nitrogen and oxygen atoms in total. The van der Waals surface area contributed by atoms with Crippen molar-refractivity contribution in [3.63, 3.8) is 0 Å². The molecule has 0 aliphatic carbocycles. The second-order valence-corrected chi connectivity index (χ2v) is 7.53. The topological polar surface area (TPSA) is 70.1 Å². The van der Waals surface area contributed by atoms with Crippen LogP contribution in [-0.4, -0.2) is 29.4 Å². The standard InChI is InChI=1S/C20H15Cl2N3O3/c1-10-14(22)7-4-8-15(10)25-18-16(17(23-25)11(2)26)19(27)24(20(18)28)13-6-3-5-12(21)9-13/h3-9,16,18H,1-2H3/t16-,18-/m0/s1. The molecule has 142 valence electrons. The van der Waals surface area contributed by atoms with Gasteiger partial charge in [-0.25, -0.2) is 4.90 Å². The van der Waals surface area contributed by atoms with Crippen molar-refractivity contribution in [3.05, 3.63) is 58.1 Å². The number of anilines is 2. The highest BCUT2D eigenvalue weighted by Gasteiger charge is 2.58. The number of hydrazone groups is 1. The Morgan fingerprint density at radius 1 is 1.07 bits per heavy atom. The first-order valence-electron chi connectivity index (χ1n) is 8.58. The van der Waals surface area contributed by atoms with Crippen LogP contribution in [0.2, 0.25) is 10.0 Å². The van der Waals surface area contributed by atoms with Crippen LogP contribution in [0.1, 0.15) is 12.5 Å². The molecular formula is C20H15Cl2N3O3. The van der Waals surface area contributed by atoms with Gasteiger partial charge in [0.25, 0.3) is 5.91 Å². The van der Waals surface area contributed by atoms with Crippen LogP contribution in [0.4, 0.5) is 11.4 Å². The maximum absolute atomic E-state index is 13.3. The molecule has 0 aromatic heterocycles. The van der Waals surface area contributed by atoms with Gasteiger partial charge in [0.15, 0.2) is 5.78 Å². The number of halogens is 2. The second-order valence-electron chi connectivity index (χ2n) is 6.68. The van der Waals surface area contributed by atoms with Crippen molar-refractivity contribution in [1.29, 1.82) is 0 Å². The summed E-state index contributed by atoms with van der Waals surface area (Å²) in [4.78, 5) is 39.6. The molecule has 2 heterocycles. The van der Waals surface area contributed by atoms with Crippen molar-refractivity contribution < 1.29 is 14.4 Å². The molecule has 0 radical (unpaired) electrons. The number of benzene rings is 2. The number of carbonyl (C=O) groups is 3. The van der Waals surface area contributed by atoms with Crippen molar-refractivity contribution >= 4 is 57.9 Å². The minimum atomic E-state index is -0.970. The van der Waals surface area contributed by atoms with Gasteiger partial charge in [-0.3, -0.25) is 19.4 Å². The molecule has 0 bridgehead atoms. The summed E-state index contributed by atoms with van der Waals surface area (Å²) in [6.45, 7) is 3.13. The number of carbonyl (C=O) groups excluding carboxylic acids is 3. The molecule has 2 aliphatic rings. The molecule has 2 aromatic carbocycles. The van der Waals surface area contributed by atoms with E-state index in [4.69, 9.17) is 23.2 Å². The Labute approximate surface area is 171 Å². The number of imide groups is 1. The van der Waals surface area contributed by atoms with Crippen molar-refractivity contribution in [3.8, 4) is 0 Å². The Hall–Kier alpha value is -2.70. The van der Waals surface area contributed by atoms with E-state index in [0.29, 0.717) is 27.0 Å². The van der Waals surface area contributed by atoms with E-state index in [1.54, 1.807) is 43.3 Å². The van der Waals surface area contributed by atoms with Crippen LogP contribution in [0.15, 0.2) is 47.6 Å². The van der Waals surface area contributed by atoms with E-state index in [9.17, 15) is 14.4 Å². The summed E-state index contributed by atoms with van der Waals surface area (Å²) in [7, 11) is 0. The summed E-state index contributed by atoms with van der Waals surface area (Å²) in [6.07, 6.45) is 0. The Kier molecular flexibility index (Phi) is 4.48. The van der Waals surface area contributed by atoms with Gasteiger partial charge >= 0.3 is 0 Å². The van der Waals surface area contributed by atoms with E-state index in [1.807, 2.05) is 0 Å². The zero-order valence-electron chi connectivity index (χ0n) is 15.0. The van der Waals surface area contributed by atoms with E-state index in [0.717, 1.165) is 4.90 Å². The second kappa shape index (κ2) is 6.72. The van der Waals surface area contributed by atoms with Gasteiger partial charge in [-0.2, -0.15) is 5.10 Å². The van der Waals surface area contributed by atoms with Gasteiger partial charge in [-0.1, -0.05) is 35.3 Å². The van der Waals surface area contributed by atoms with Gasteiger partial charge < -0.3 is 0 Å². The fourth-order valence-corrected chi connectivity index (χ4v) is 3.97. The molecule has 28 heavy (non-hydrogen) atoms. The largest absolute Gasteiger partial charge is 0.293 e. The summed E-state index contributed by atoms with van der Waals surface area (Å²) < 4.78 is 0. The third-order valence-electron chi connectivity index (χ3n) is 4.96. The van der Waals surface area contributed by atoms with Crippen LogP contribution in [-0.2, 0) is 14.4 Å². The third kappa shape index (κ3) is 2.72. The molecule has 8 heteroatoms. The first-order valence-corrected chi connectivity index (χ1v) is 9.34. The van der Waals surface area contributed by atoms with E-state index in [1.165, 1.54) is 18.0 Å². The zero-order chi connectivity index (χ0) is 20.2. The molecule has 0 N–H and O–H groups in total. The maximum Gasteiger partial charge on any atom is 0.259 e. The molecule has 2 amide bonds. The van der Waals surface area contributed by atoms with E-state index < -0.39 is 23.8 Å². The molecule has 2 aliphatic heterocycles. The lowest BCUT2D eigenvalue weighted by molar-refractivity contribution is -0.122. The molecule has 1 fully saturated rings. The Morgan fingerprint density at radius 3 is 2.46 bits per heavy atom. The minimum Gasteiger partial charge on any atom is -0.293 e. The highest BCUT2D eigenvalue weighted by molar-refractivity contribution is 6.49. The van der Waals surface area contributed by atoms with Crippen molar-refractivity contribution in [2.24, 2.45) is 11.0 Å². The number of nitrogens with zero attached hydrogens (tertiary/aromatic N) is 3. The van der Waals surface area contributed by atoms with Crippen molar-refractivity contribution in [2.75, 3.05) is 9.91 Å². The molecule has 1 saturated heterocycles. The van der Waals surface area contributed by atoms with Crippen LogP contribution < -0.4 is 9.91 Å². The van der Waals surface area contributed by atoms with Gasteiger partial charge in [0.1, 0.15) is 17.7 Å². The predicted molar refractivity (Wildman–Crippen MR) is 108 cm³/mol. The zero-order valence-corrected chi connectivity index (χ0v) is 16.5. The highest BCUT2D eigenvalue weighted by Crippen LogP contribution is 2.40. The molecule has 0 saturated carbocycles. The number of hydrogen-bond acceptors (Lipinski definition) is 5. The Morgan fingerprint density at radius 2 is 1.79 bits per heavy atom. The number of Topliss-reactive ketones (excluding diaryl/α,β-unsaturated/α-hetero) is 1. The van der Waals surface area contributed by atoms with Crippen LogP contribution in [0.3, 0.4) is 0 Å². The lowest BCUT2D eigenvalue weighted by atomic mass is 9.95. The fraction of sp³-hybridized carbons (Fsp3) is 0.200. The summed E-state index contributed by atoms with van der Waals surface area (Å²) >= 11 is 12.3. The lowest BCUT2D eigenvalue weighted by Crippen LogP contribution is -2.39. The average Bonchev–Trinajstić information content (AvgIpc) is 3.15. The highest BCUT2D eigenvalue weighted by atomic mass is 35.5. The Bertz CT molecular complexity index is 1070. The van der Waals surface area contributed by atoms with E-state index in [-0.39, 0.29) is 11.5 Å². The van der Waals surface area contributed by atoms with Gasteiger partial charge in [-0.05, 0) is 42.8 Å². The van der Waals surface area contributed by atoms with Crippen LogP contribution in [0.5, 0.6) is 0 Å². The van der Waals surface area contributed by atoms with Crippen LogP contribution in [0.25, 0.3) is 0 Å². The van der Waals surface area contributed by atoms with Crippen LogP contribution >= 0.6 is 23.2 Å². The number of fused-ring (bicyclic) bond motifs is 1. The molecule has 4 rings (SSSR count). The quantitative estimate of drug-likeness (QED) is 0.717. The van der Waals surface area contributed by atoms with Gasteiger partial charge in [0.05, 0.1) is 11.4 Å². The van der Waals surface area contributed by atoms with Crippen molar-refractivity contribution in [1.82, 2.24) is 0 Å². The third-order valence-corrected chi connectivity index (χ3v) is 5.61. The van der Waals surface area contributed by atoms with Gasteiger partial charge in [0, 0.05) is 17.0 Å². The van der Waals surface area contributed by atoms with Crippen LogP contribution in [0, 0.1) is 12.8 Å². The molecule has 0 spiro atoms. The predicted octanol–water partition coefficient (Wildman–Crippen LogP) is 3.63. The Balaban J connectivity index is 1.85. The first-order chi connectivity index (χ1) is 13.3. The number of amides is 2. The summed E-state index contributed by atoms with van der Waals surface area (Å²) in [6, 6.07) is 10.7. The molecule has 2 aromatic rings. The summed E-state index contributed by atoms with van der Waals surface area (Å²) in [5.74, 6) is -2.28. The van der Waals surface area contributed by atoms with Gasteiger partial charge in [0.2, 0.25) is 5.91 Å². The summed E-state index contributed by atoms with van der Waals surface area (Å²) in [5, 5.41) is 6.68. The first kappa shape index (κ1) is 18.7.